The van der Waals surface area contributed by atoms with E-state index in [-0.39, 0.29) is 5.92 Å². The summed E-state index contributed by atoms with van der Waals surface area (Å²) < 4.78 is 5.56. The molecule has 1 aromatic heterocycles. The molecule has 20 heavy (non-hydrogen) atoms. The maximum atomic E-state index is 5.56. The molecule has 2 rings (SSSR count). The zero-order valence-corrected chi connectivity index (χ0v) is 13.2. The second-order valence-corrected chi connectivity index (χ2v) is 6.14. The lowest BCUT2D eigenvalue weighted by atomic mass is 9.89. The molecular formula is C15H28N4O. The number of hydrogen-bond donors (Lipinski definition) is 1. The normalized spacial score (nSPS) is 18.8. The Hall–Kier alpha value is -1.10. The highest BCUT2D eigenvalue weighted by Gasteiger charge is 2.29. The van der Waals surface area contributed by atoms with Gasteiger partial charge in [0.15, 0.2) is 0 Å². The van der Waals surface area contributed by atoms with E-state index in [1.54, 1.807) is 0 Å². The second-order valence-electron chi connectivity index (χ2n) is 6.14. The van der Waals surface area contributed by atoms with Crippen LogP contribution in [0.4, 0.5) is 5.95 Å². The Balaban J connectivity index is 2.08. The standard InChI is InChI=1S/C15H28N4O/c1-5-8-16-12(4)13(11(2)3)14-17-15(18-20-14)19-9-6-7-10-19/h11-13,16H,5-10H2,1-4H3. The Labute approximate surface area is 122 Å². The summed E-state index contributed by atoms with van der Waals surface area (Å²) in [6, 6.07) is 0.349. The van der Waals surface area contributed by atoms with Crippen molar-refractivity contribution in [3.63, 3.8) is 0 Å². The third-order valence-electron chi connectivity index (χ3n) is 4.08. The summed E-state index contributed by atoms with van der Waals surface area (Å²) in [5.74, 6) is 2.29. The van der Waals surface area contributed by atoms with Crippen molar-refractivity contribution in [2.45, 2.75) is 58.9 Å². The SMILES string of the molecule is CCCNC(C)C(c1nc(N2CCCC2)no1)C(C)C. The molecular weight excluding hydrogens is 252 g/mol. The van der Waals surface area contributed by atoms with E-state index in [1.807, 2.05) is 0 Å². The van der Waals surface area contributed by atoms with Crippen molar-refractivity contribution >= 4 is 5.95 Å². The zero-order chi connectivity index (χ0) is 14.5. The molecule has 0 aliphatic carbocycles. The van der Waals surface area contributed by atoms with Gasteiger partial charge >= 0.3 is 0 Å². The van der Waals surface area contributed by atoms with Gasteiger partial charge in [0.05, 0.1) is 5.92 Å². The first-order valence-electron chi connectivity index (χ1n) is 7.95. The fraction of sp³-hybridized carbons (Fsp3) is 0.867. The molecule has 1 fully saturated rings. The van der Waals surface area contributed by atoms with Crippen molar-refractivity contribution in [1.82, 2.24) is 15.5 Å². The maximum Gasteiger partial charge on any atom is 0.266 e. The topological polar surface area (TPSA) is 54.2 Å². The highest BCUT2D eigenvalue weighted by molar-refractivity contribution is 5.29. The summed E-state index contributed by atoms with van der Waals surface area (Å²) in [5, 5.41) is 7.73. The van der Waals surface area contributed by atoms with Crippen LogP contribution in [0, 0.1) is 5.92 Å². The van der Waals surface area contributed by atoms with Gasteiger partial charge in [0.2, 0.25) is 5.89 Å². The van der Waals surface area contributed by atoms with Crippen molar-refractivity contribution < 1.29 is 4.52 Å². The molecule has 0 radical (unpaired) electrons. The third-order valence-corrected chi connectivity index (χ3v) is 4.08. The van der Waals surface area contributed by atoms with E-state index in [2.05, 4.69) is 48.1 Å². The average molecular weight is 280 g/mol. The molecule has 5 nitrogen and oxygen atoms in total. The molecule has 0 bridgehead atoms. The van der Waals surface area contributed by atoms with Gasteiger partial charge in [0.25, 0.3) is 5.95 Å². The van der Waals surface area contributed by atoms with E-state index in [1.165, 1.54) is 12.8 Å². The van der Waals surface area contributed by atoms with Gasteiger partial charge in [0, 0.05) is 19.1 Å². The van der Waals surface area contributed by atoms with Crippen molar-refractivity contribution in [2.75, 3.05) is 24.5 Å². The molecule has 5 heteroatoms. The number of aromatic nitrogens is 2. The van der Waals surface area contributed by atoms with Crippen molar-refractivity contribution in [3.8, 4) is 0 Å². The fourth-order valence-electron chi connectivity index (χ4n) is 2.98. The van der Waals surface area contributed by atoms with Gasteiger partial charge in [-0.05, 0) is 43.8 Å². The smallest absolute Gasteiger partial charge is 0.266 e. The number of nitrogens with one attached hydrogen (secondary N) is 1. The largest absolute Gasteiger partial charge is 0.338 e. The summed E-state index contributed by atoms with van der Waals surface area (Å²) >= 11 is 0. The van der Waals surface area contributed by atoms with Crippen LogP contribution < -0.4 is 10.2 Å². The molecule has 1 saturated heterocycles. The lowest BCUT2D eigenvalue weighted by Crippen LogP contribution is -2.35. The molecule has 0 saturated carbocycles. The molecule has 0 spiro atoms. The van der Waals surface area contributed by atoms with Crippen LogP contribution in [0.25, 0.3) is 0 Å². The maximum absolute atomic E-state index is 5.56. The van der Waals surface area contributed by atoms with Gasteiger partial charge < -0.3 is 14.7 Å². The predicted molar refractivity (Wildman–Crippen MR) is 81.1 cm³/mol. The van der Waals surface area contributed by atoms with Crippen LogP contribution in [0.2, 0.25) is 0 Å². The molecule has 2 atom stereocenters. The first kappa shape index (κ1) is 15.3. The van der Waals surface area contributed by atoms with Crippen LogP contribution >= 0.6 is 0 Å². The van der Waals surface area contributed by atoms with E-state index >= 15 is 0 Å². The van der Waals surface area contributed by atoms with Crippen LogP contribution in [-0.4, -0.2) is 35.8 Å². The number of nitrogens with zero attached hydrogens (tertiary/aromatic N) is 3. The van der Waals surface area contributed by atoms with E-state index in [9.17, 15) is 0 Å². The second kappa shape index (κ2) is 7.07. The third kappa shape index (κ3) is 3.51. The highest BCUT2D eigenvalue weighted by atomic mass is 16.5. The molecule has 2 heterocycles. The highest BCUT2D eigenvalue weighted by Crippen LogP contribution is 2.28. The first-order chi connectivity index (χ1) is 9.63. The van der Waals surface area contributed by atoms with Crippen LogP contribution in [0.5, 0.6) is 0 Å². The summed E-state index contributed by atoms with van der Waals surface area (Å²) in [7, 11) is 0. The summed E-state index contributed by atoms with van der Waals surface area (Å²) in [6.07, 6.45) is 3.59. The Bertz CT molecular complexity index is 398. The molecule has 1 N–H and O–H groups in total. The van der Waals surface area contributed by atoms with E-state index in [0.717, 1.165) is 37.9 Å². The van der Waals surface area contributed by atoms with Gasteiger partial charge in [-0.2, -0.15) is 4.98 Å². The molecule has 114 valence electrons. The Morgan fingerprint density at radius 3 is 2.55 bits per heavy atom. The zero-order valence-electron chi connectivity index (χ0n) is 13.2. The predicted octanol–water partition coefficient (Wildman–Crippen LogP) is 2.80. The Kier molecular flexibility index (Phi) is 5.40. The fourth-order valence-corrected chi connectivity index (χ4v) is 2.98. The van der Waals surface area contributed by atoms with Crippen LogP contribution in [0.3, 0.4) is 0 Å². The summed E-state index contributed by atoms with van der Waals surface area (Å²) in [4.78, 5) is 6.87. The number of rotatable bonds is 7. The van der Waals surface area contributed by atoms with Gasteiger partial charge in [-0.15, -0.1) is 0 Å². The Morgan fingerprint density at radius 1 is 1.25 bits per heavy atom. The minimum absolute atomic E-state index is 0.269. The van der Waals surface area contributed by atoms with Gasteiger partial charge in [0.1, 0.15) is 0 Å². The van der Waals surface area contributed by atoms with Crippen molar-refractivity contribution in [2.24, 2.45) is 5.92 Å². The van der Waals surface area contributed by atoms with Crippen LogP contribution in [-0.2, 0) is 0 Å². The molecule has 2 unspecified atom stereocenters. The minimum atomic E-state index is 0.269. The molecule has 1 aliphatic heterocycles. The lowest BCUT2D eigenvalue weighted by molar-refractivity contribution is 0.280. The number of hydrogen-bond acceptors (Lipinski definition) is 5. The summed E-state index contributed by atoms with van der Waals surface area (Å²) in [5.41, 5.74) is 0. The molecule has 0 aromatic carbocycles. The van der Waals surface area contributed by atoms with Crippen LogP contribution in [0.1, 0.15) is 58.8 Å². The molecule has 0 amide bonds. The van der Waals surface area contributed by atoms with Gasteiger partial charge in [-0.3, -0.25) is 0 Å². The number of anilines is 1. The monoisotopic (exact) mass is 280 g/mol. The quantitative estimate of drug-likeness (QED) is 0.832. The van der Waals surface area contributed by atoms with Crippen LogP contribution in [0.15, 0.2) is 4.52 Å². The average Bonchev–Trinajstić information content (AvgIpc) is 3.06. The van der Waals surface area contributed by atoms with Crippen molar-refractivity contribution in [1.29, 1.82) is 0 Å². The van der Waals surface area contributed by atoms with E-state index in [0.29, 0.717) is 12.0 Å². The van der Waals surface area contributed by atoms with Crippen molar-refractivity contribution in [3.05, 3.63) is 5.89 Å². The molecule has 1 aliphatic rings. The van der Waals surface area contributed by atoms with Gasteiger partial charge in [-0.25, -0.2) is 0 Å². The minimum Gasteiger partial charge on any atom is -0.338 e. The lowest BCUT2D eigenvalue weighted by Gasteiger charge is -2.25. The van der Waals surface area contributed by atoms with E-state index < -0.39 is 0 Å². The Morgan fingerprint density at radius 2 is 1.95 bits per heavy atom. The first-order valence-corrected chi connectivity index (χ1v) is 7.95. The van der Waals surface area contributed by atoms with Gasteiger partial charge in [-0.1, -0.05) is 20.8 Å². The van der Waals surface area contributed by atoms with E-state index in [4.69, 9.17) is 4.52 Å². The molecule has 1 aromatic rings. The summed E-state index contributed by atoms with van der Waals surface area (Å²) in [6.45, 7) is 12.0.